The SMILES string of the molecule is CCC[N+](CC)(CC)CC(C)O. The highest BCUT2D eigenvalue weighted by Crippen LogP contribution is 2.08. The molecule has 1 unspecified atom stereocenters. The van der Waals surface area contributed by atoms with Crippen molar-refractivity contribution < 1.29 is 9.59 Å². The van der Waals surface area contributed by atoms with Gasteiger partial charge >= 0.3 is 0 Å². The molecule has 12 heavy (non-hydrogen) atoms. The lowest BCUT2D eigenvalue weighted by Crippen LogP contribution is -2.51. The van der Waals surface area contributed by atoms with Crippen molar-refractivity contribution in [2.75, 3.05) is 26.2 Å². The summed E-state index contributed by atoms with van der Waals surface area (Å²) in [6.07, 6.45) is 1.03. The molecule has 0 aliphatic heterocycles. The largest absolute Gasteiger partial charge is 0.388 e. The zero-order valence-corrected chi connectivity index (χ0v) is 9.01. The van der Waals surface area contributed by atoms with Crippen LogP contribution >= 0.6 is 0 Å². The average Bonchev–Trinajstić information content (AvgIpc) is 2.03. The Morgan fingerprint density at radius 2 is 1.67 bits per heavy atom. The van der Waals surface area contributed by atoms with Gasteiger partial charge in [0.15, 0.2) is 0 Å². The fourth-order valence-corrected chi connectivity index (χ4v) is 1.92. The van der Waals surface area contributed by atoms with Crippen LogP contribution in [0.25, 0.3) is 0 Å². The van der Waals surface area contributed by atoms with Gasteiger partial charge in [0.2, 0.25) is 0 Å². The molecule has 0 aromatic carbocycles. The van der Waals surface area contributed by atoms with Gasteiger partial charge in [-0.05, 0) is 27.2 Å². The number of rotatable bonds is 6. The van der Waals surface area contributed by atoms with E-state index in [0.29, 0.717) is 0 Å². The van der Waals surface area contributed by atoms with E-state index in [-0.39, 0.29) is 6.10 Å². The first-order chi connectivity index (χ1) is 5.60. The topological polar surface area (TPSA) is 20.2 Å². The van der Waals surface area contributed by atoms with Crippen LogP contribution in [0.1, 0.15) is 34.1 Å². The molecule has 0 aliphatic rings. The van der Waals surface area contributed by atoms with Crippen LogP contribution in [0.5, 0.6) is 0 Å². The molecule has 0 radical (unpaired) electrons. The highest BCUT2D eigenvalue weighted by atomic mass is 16.3. The summed E-state index contributed by atoms with van der Waals surface area (Å²) in [5.74, 6) is 0. The molecule has 0 rings (SSSR count). The highest BCUT2D eigenvalue weighted by molar-refractivity contribution is 4.47. The Hall–Kier alpha value is -0.0800. The lowest BCUT2D eigenvalue weighted by atomic mass is 10.2. The van der Waals surface area contributed by atoms with Crippen molar-refractivity contribution in [1.82, 2.24) is 0 Å². The van der Waals surface area contributed by atoms with Crippen LogP contribution in [-0.4, -0.2) is 41.9 Å². The normalized spacial score (nSPS) is 14.8. The summed E-state index contributed by atoms with van der Waals surface area (Å²) in [6.45, 7) is 12.9. The summed E-state index contributed by atoms with van der Waals surface area (Å²) in [4.78, 5) is 0. The van der Waals surface area contributed by atoms with E-state index in [1.807, 2.05) is 6.92 Å². The van der Waals surface area contributed by atoms with Crippen LogP contribution in [0.3, 0.4) is 0 Å². The van der Waals surface area contributed by atoms with Gasteiger partial charge in [0.1, 0.15) is 12.6 Å². The van der Waals surface area contributed by atoms with Gasteiger partial charge in [0.05, 0.1) is 19.6 Å². The monoisotopic (exact) mass is 174 g/mol. The lowest BCUT2D eigenvalue weighted by molar-refractivity contribution is -0.927. The van der Waals surface area contributed by atoms with Crippen molar-refractivity contribution in [1.29, 1.82) is 0 Å². The molecule has 0 bridgehead atoms. The van der Waals surface area contributed by atoms with Crippen LogP contribution in [0.15, 0.2) is 0 Å². The zero-order chi connectivity index (χ0) is 9.61. The van der Waals surface area contributed by atoms with Gasteiger partial charge in [-0.25, -0.2) is 0 Å². The van der Waals surface area contributed by atoms with Crippen molar-refractivity contribution in [2.45, 2.75) is 40.2 Å². The van der Waals surface area contributed by atoms with Crippen LogP contribution < -0.4 is 0 Å². The predicted molar refractivity (Wildman–Crippen MR) is 53.0 cm³/mol. The highest BCUT2D eigenvalue weighted by Gasteiger charge is 2.23. The maximum absolute atomic E-state index is 9.36. The van der Waals surface area contributed by atoms with Crippen molar-refractivity contribution in [3.8, 4) is 0 Å². The van der Waals surface area contributed by atoms with E-state index in [1.54, 1.807) is 0 Å². The third-order valence-electron chi connectivity index (χ3n) is 2.69. The molecule has 0 aromatic rings. The van der Waals surface area contributed by atoms with Crippen molar-refractivity contribution >= 4 is 0 Å². The third-order valence-corrected chi connectivity index (χ3v) is 2.69. The maximum atomic E-state index is 9.36. The number of aliphatic hydroxyl groups excluding tert-OH is 1. The number of likely N-dealkylation sites (N-methyl/N-ethyl adjacent to an activating group) is 1. The fraction of sp³-hybridized carbons (Fsp3) is 1.00. The number of aliphatic hydroxyl groups is 1. The van der Waals surface area contributed by atoms with Gasteiger partial charge < -0.3 is 9.59 Å². The molecule has 0 heterocycles. The summed E-state index contributed by atoms with van der Waals surface area (Å²) >= 11 is 0. The molecule has 0 spiro atoms. The number of quaternary nitrogens is 1. The summed E-state index contributed by atoms with van der Waals surface area (Å²) < 4.78 is 1.06. The Morgan fingerprint density at radius 3 is 1.92 bits per heavy atom. The minimum Gasteiger partial charge on any atom is -0.388 e. The molecule has 2 nitrogen and oxygen atoms in total. The standard InChI is InChI=1S/C10H24NO/c1-5-8-11(6-2,7-3)9-10(4)12/h10,12H,5-9H2,1-4H3/q+1. The zero-order valence-electron chi connectivity index (χ0n) is 9.01. The molecule has 2 heteroatoms. The van der Waals surface area contributed by atoms with Crippen LogP contribution in [0, 0.1) is 0 Å². The van der Waals surface area contributed by atoms with Crippen molar-refractivity contribution in [2.24, 2.45) is 0 Å². The first kappa shape index (κ1) is 11.9. The van der Waals surface area contributed by atoms with E-state index < -0.39 is 0 Å². The number of hydrogen-bond acceptors (Lipinski definition) is 1. The average molecular weight is 174 g/mol. The van der Waals surface area contributed by atoms with Gasteiger partial charge in [-0.15, -0.1) is 0 Å². The summed E-state index contributed by atoms with van der Waals surface area (Å²) in [7, 11) is 0. The molecule has 0 saturated heterocycles. The quantitative estimate of drug-likeness (QED) is 0.607. The van der Waals surface area contributed by atoms with E-state index in [2.05, 4.69) is 20.8 Å². The minimum absolute atomic E-state index is 0.170. The predicted octanol–water partition coefficient (Wildman–Crippen LogP) is 1.63. The van der Waals surface area contributed by atoms with Gasteiger partial charge in [-0.1, -0.05) is 6.92 Å². The second-order valence-corrected chi connectivity index (χ2v) is 3.73. The maximum Gasteiger partial charge on any atom is 0.105 e. The Balaban J connectivity index is 4.13. The molecular formula is C10H24NO+. The van der Waals surface area contributed by atoms with Crippen LogP contribution in [0.2, 0.25) is 0 Å². The van der Waals surface area contributed by atoms with Gasteiger partial charge in [-0.3, -0.25) is 0 Å². The van der Waals surface area contributed by atoms with E-state index in [9.17, 15) is 5.11 Å². The summed E-state index contributed by atoms with van der Waals surface area (Å²) in [6, 6.07) is 0. The van der Waals surface area contributed by atoms with E-state index in [4.69, 9.17) is 0 Å². The van der Waals surface area contributed by atoms with Gasteiger partial charge in [0.25, 0.3) is 0 Å². The van der Waals surface area contributed by atoms with Crippen LogP contribution in [-0.2, 0) is 0 Å². The molecular weight excluding hydrogens is 150 g/mol. The van der Waals surface area contributed by atoms with Crippen molar-refractivity contribution in [3.05, 3.63) is 0 Å². The summed E-state index contributed by atoms with van der Waals surface area (Å²) in [5, 5.41) is 9.36. The fourth-order valence-electron chi connectivity index (χ4n) is 1.92. The first-order valence-corrected chi connectivity index (χ1v) is 5.13. The Labute approximate surface area is 76.8 Å². The first-order valence-electron chi connectivity index (χ1n) is 5.13. The Morgan fingerprint density at radius 1 is 1.17 bits per heavy atom. The van der Waals surface area contributed by atoms with Crippen molar-refractivity contribution in [3.63, 3.8) is 0 Å². The summed E-state index contributed by atoms with van der Waals surface area (Å²) in [5.41, 5.74) is 0. The number of nitrogens with zero attached hydrogens (tertiary/aromatic N) is 1. The third kappa shape index (κ3) is 3.55. The lowest BCUT2D eigenvalue weighted by Gasteiger charge is -2.37. The molecule has 0 aliphatic carbocycles. The van der Waals surface area contributed by atoms with E-state index in [1.165, 1.54) is 13.0 Å². The Kier molecular flexibility index (Phi) is 5.51. The molecule has 1 N–H and O–H groups in total. The van der Waals surface area contributed by atoms with E-state index in [0.717, 1.165) is 24.1 Å². The second-order valence-electron chi connectivity index (χ2n) is 3.73. The molecule has 0 fully saturated rings. The second kappa shape index (κ2) is 5.55. The molecule has 0 aromatic heterocycles. The molecule has 0 saturated carbocycles. The molecule has 74 valence electrons. The van der Waals surface area contributed by atoms with Gasteiger partial charge in [-0.2, -0.15) is 0 Å². The van der Waals surface area contributed by atoms with E-state index >= 15 is 0 Å². The Bertz CT molecular complexity index is 108. The number of hydrogen-bond donors (Lipinski definition) is 1. The molecule has 0 amide bonds. The minimum atomic E-state index is -0.170. The molecule has 1 atom stereocenters. The van der Waals surface area contributed by atoms with Crippen LogP contribution in [0.4, 0.5) is 0 Å². The van der Waals surface area contributed by atoms with Gasteiger partial charge in [0, 0.05) is 0 Å². The smallest absolute Gasteiger partial charge is 0.105 e.